The molecule has 1 aliphatic rings. The smallest absolute Gasteiger partial charge is 0.152 e. The maximum atomic E-state index is 11.7. The first-order chi connectivity index (χ1) is 8.51. The number of aromatic nitrogens is 2. The number of nitrogen functional groups attached to an aromatic ring is 1. The molecule has 1 atom stereocenters. The van der Waals surface area contributed by atoms with Gasteiger partial charge in [0.15, 0.2) is 9.84 Å². The highest BCUT2D eigenvalue weighted by molar-refractivity contribution is 7.91. The van der Waals surface area contributed by atoms with E-state index < -0.39 is 15.4 Å². The Kier molecular flexibility index (Phi) is 3.20. The van der Waals surface area contributed by atoms with E-state index in [4.69, 9.17) is 5.73 Å². The van der Waals surface area contributed by atoms with E-state index >= 15 is 0 Å². The van der Waals surface area contributed by atoms with Gasteiger partial charge in [0, 0.05) is 6.07 Å². The molecular weight excluding hydrogens is 262 g/mol. The van der Waals surface area contributed by atoms with Crippen molar-refractivity contribution >= 4 is 15.7 Å². The van der Waals surface area contributed by atoms with Gasteiger partial charge in [-0.3, -0.25) is 0 Å². The molecular formula is C13H23N3O2S. The third-order valence-electron chi connectivity index (χ3n) is 3.49. The first-order valence-corrected chi connectivity index (χ1v) is 8.38. The largest absolute Gasteiger partial charge is 0.384 e. The van der Waals surface area contributed by atoms with Gasteiger partial charge in [0.05, 0.1) is 22.7 Å². The molecule has 0 aliphatic carbocycles. The molecule has 1 aliphatic heterocycles. The SMILES string of the molecule is CC(C)(C)Cc1cc(N)n(C2(C)CCS(=O)(=O)C2)n1. The van der Waals surface area contributed by atoms with Crippen molar-refractivity contribution in [2.24, 2.45) is 5.41 Å². The minimum Gasteiger partial charge on any atom is -0.384 e. The molecule has 0 bridgehead atoms. The topological polar surface area (TPSA) is 78.0 Å². The van der Waals surface area contributed by atoms with Gasteiger partial charge in [-0.05, 0) is 25.2 Å². The van der Waals surface area contributed by atoms with Crippen LogP contribution in [0.15, 0.2) is 6.07 Å². The minimum atomic E-state index is -2.96. The van der Waals surface area contributed by atoms with E-state index in [1.54, 1.807) is 4.68 Å². The van der Waals surface area contributed by atoms with Crippen LogP contribution in [0.2, 0.25) is 0 Å². The van der Waals surface area contributed by atoms with E-state index in [-0.39, 0.29) is 16.9 Å². The third-order valence-corrected chi connectivity index (χ3v) is 5.38. The van der Waals surface area contributed by atoms with E-state index in [0.717, 1.165) is 12.1 Å². The zero-order valence-corrected chi connectivity index (χ0v) is 12.9. The fourth-order valence-electron chi connectivity index (χ4n) is 2.67. The van der Waals surface area contributed by atoms with Crippen LogP contribution in [0, 0.1) is 5.41 Å². The number of hydrogen-bond donors (Lipinski definition) is 1. The molecule has 1 unspecified atom stereocenters. The number of hydrogen-bond acceptors (Lipinski definition) is 4. The highest BCUT2D eigenvalue weighted by Gasteiger charge is 2.41. The maximum absolute atomic E-state index is 11.7. The molecule has 0 amide bonds. The lowest BCUT2D eigenvalue weighted by molar-refractivity contribution is 0.326. The summed E-state index contributed by atoms with van der Waals surface area (Å²) in [4.78, 5) is 0. The summed E-state index contributed by atoms with van der Waals surface area (Å²) in [6, 6.07) is 1.86. The first-order valence-electron chi connectivity index (χ1n) is 6.56. The van der Waals surface area contributed by atoms with E-state index in [1.807, 2.05) is 13.0 Å². The quantitative estimate of drug-likeness (QED) is 0.895. The molecule has 6 heteroatoms. The number of rotatable bonds is 2. The van der Waals surface area contributed by atoms with Crippen LogP contribution in [0.1, 0.15) is 39.8 Å². The third kappa shape index (κ3) is 3.11. The average molecular weight is 285 g/mol. The number of nitrogens with zero attached hydrogens (tertiary/aromatic N) is 2. The van der Waals surface area contributed by atoms with Crippen LogP contribution >= 0.6 is 0 Å². The fraction of sp³-hybridized carbons (Fsp3) is 0.769. The zero-order chi connectivity index (χ0) is 14.5. The van der Waals surface area contributed by atoms with Gasteiger partial charge in [-0.1, -0.05) is 20.8 Å². The summed E-state index contributed by atoms with van der Waals surface area (Å²) in [7, 11) is -2.96. The Labute approximate surface area is 115 Å². The molecule has 2 rings (SSSR count). The molecule has 1 aromatic rings. The Morgan fingerprint density at radius 1 is 1.47 bits per heavy atom. The Balaban J connectivity index is 2.32. The monoisotopic (exact) mass is 285 g/mol. The molecule has 1 fully saturated rings. The molecule has 0 spiro atoms. The fourth-order valence-corrected chi connectivity index (χ4v) is 4.78. The van der Waals surface area contributed by atoms with Gasteiger partial charge < -0.3 is 5.73 Å². The lowest BCUT2D eigenvalue weighted by Crippen LogP contribution is -2.33. The predicted octanol–water partition coefficient (Wildman–Crippen LogP) is 1.59. The van der Waals surface area contributed by atoms with Gasteiger partial charge in [0.2, 0.25) is 0 Å². The second-order valence-corrected chi connectivity index (χ2v) is 9.23. The molecule has 19 heavy (non-hydrogen) atoms. The Morgan fingerprint density at radius 2 is 2.11 bits per heavy atom. The molecule has 2 N–H and O–H groups in total. The standard InChI is InChI=1S/C13H23N3O2S/c1-12(2,3)8-10-7-11(14)16(15-10)13(4)5-6-19(17,18)9-13/h7H,5-6,8-9,14H2,1-4H3. The number of anilines is 1. The Bertz CT molecular complexity index is 584. The van der Waals surface area contributed by atoms with Gasteiger partial charge in [-0.2, -0.15) is 5.10 Å². The van der Waals surface area contributed by atoms with Crippen molar-refractivity contribution in [3.05, 3.63) is 11.8 Å². The predicted molar refractivity (Wildman–Crippen MR) is 76.7 cm³/mol. The minimum absolute atomic E-state index is 0.126. The molecule has 0 aromatic carbocycles. The van der Waals surface area contributed by atoms with E-state index in [9.17, 15) is 8.42 Å². The lowest BCUT2D eigenvalue weighted by atomic mass is 9.91. The summed E-state index contributed by atoms with van der Waals surface area (Å²) in [5.74, 6) is 0.900. The van der Waals surface area contributed by atoms with Crippen LogP contribution < -0.4 is 5.73 Å². The van der Waals surface area contributed by atoms with E-state index in [0.29, 0.717) is 12.2 Å². The summed E-state index contributed by atoms with van der Waals surface area (Å²) >= 11 is 0. The van der Waals surface area contributed by atoms with Crippen molar-refractivity contribution in [3.63, 3.8) is 0 Å². The average Bonchev–Trinajstić information content (AvgIpc) is 2.66. The van der Waals surface area contributed by atoms with E-state index in [2.05, 4.69) is 25.9 Å². The zero-order valence-electron chi connectivity index (χ0n) is 12.1. The van der Waals surface area contributed by atoms with Crippen LogP contribution in [0.5, 0.6) is 0 Å². The summed E-state index contributed by atoms with van der Waals surface area (Å²) in [5, 5.41) is 4.54. The van der Waals surface area contributed by atoms with Crippen LogP contribution in [-0.4, -0.2) is 29.7 Å². The first kappa shape index (κ1) is 14.4. The maximum Gasteiger partial charge on any atom is 0.152 e. The second kappa shape index (κ2) is 4.23. The summed E-state index contributed by atoms with van der Waals surface area (Å²) < 4.78 is 25.1. The summed E-state index contributed by atoms with van der Waals surface area (Å²) in [5.41, 5.74) is 6.58. The van der Waals surface area contributed by atoms with Crippen LogP contribution in [-0.2, 0) is 21.8 Å². The molecule has 2 heterocycles. The van der Waals surface area contributed by atoms with Gasteiger partial charge >= 0.3 is 0 Å². The number of sulfone groups is 1. The Morgan fingerprint density at radius 3 is 2.58 bits per heavy atom. The lowest BCUT2D eigenvalue weighted by Gasteiger charge is -2.24. The van der Waals surface area contributed by atoms with Gasteiger partial charge in [-0.15, -0.1) is 0 Å². The molecule has 0 saturated carbocycles. The molecule has 1 saturated heterocycles. The number of nitrogens with two attached hydrogens (primary N) is 1. The summed E-state index contributed by atoms with van der Waals surface area (Å²) in [6.07, 6.45) is 1.41. The van der Waals surface area contributed by atoms with Crippen molar-refractivity contribution in [2.45, 2.75) is 46.1 Å². The van der Waals surface area contributed by atoms with Crippen LogP contribution in [0.3, 0.4) is 0 Å². The normalized spacial score (nSPS) is 26.7. The molecule has 108 valence electrons. The van der Waals surface area contributed by atoms with Crippen molar-refractivity contribution in [1.29, 1.82) is 0 Å². The van der Waals surface area contributed by atoms with Crippen LogP contribution in [0.4, 0.5) is 5.82 Å². The van der Waals surface area contributed by atoms with Crippen molar-refractivity contribution in [2.75, 3.05) is 17.2 Å². The van der Waals surface area contributed by atoms with Crippen molar-refractivity contribution in [1.82, 2.24) is 9.78 Å². The highest BCUT2D eigenvalue weighted by Crippen LogP contribution is 2.33. The second-order valence-electron chi connectivity index (χ2n) is 7.05. The molecule has 0 radical (unpaired) electrons. The highest BCUT2D eigenvalue weighted by atomic mass is 32.2. The summed E-state index contributed by atoms with van der Waals surface area (Å²) in [6.45, 7) is 8.35. The molecule has 1 aromatic heterocycles. The van der Waals surface area contributed by atoms with Gasteiger partial charge in [0.25, 0.3) is 0 Å². The van der Waals surface area contributed by atoms with Crippen molar-refractivity contribution < 1.29 is 8.42 Å². The molecule has 5 nitrogen and oxygen atoms in total. The van der Waals surface area contributed by atoms with Crippen molar-refractivity contribution in [3.8, 4) is 0 Å². The Hall–Kier alpha value is -1.04. The van der Waals surface area contributed by atoms with Gasteiger partial charge in [-0.25, -0.2) is 13.1 Å². The van der Waals surface area contributed by atoms with Crippen LogP contribution in [0.25, 0.3) is 0 Å². The van der Waals surface area contributed by atoms with Gasteiger partial charge in [0.1, 0.15) is 5.82 Å². The van der Waals surface area contributed by atoms with E-state index in [1.165, 1.54) is 0 Å².